The number of carbonyl (C=O) groups excluding carboxylic acids is 3. The predicted molar refractivity (Wildman–Crippen MR) is 125 cm³/mol. The highest BCUT2D eigenvalue weighted by Crippen LogP contribution is 2.30. The van der Waals surface area contributed by atoms with Crippen LogP contribution >= 0.6 is 0 Å². The van der Waals surface area contributed by atoms with Gasteiger partial charge in [-0.25, -0.2) is 9.69 Å². The fourth-order valence-electron chi connectivity index (χ4n) is 3.18. The molecule has 0 aromatic heterocycles. The van der Waals surface area contributed by atoms with E-state index in [1.54, 1.807) is 42.5 Å². The van der Waals surface area contributed by atoms with E-state index in [4.69, 9.17) is 14.2 Å². The van der Waals surface area contributed by atoms with Crippen LogP contribution in [0.3, 0.4) is 0 Å². The Morgan fingerprint density at radius 2 is 1.55 bits per heavy atom. The van der Waals surface area contributed by atoms with Crippen molar-refractivity contribution < 1.29 is 28.6 Å². The van der Waals surface area contributed by atoms with Crippen LogP contribution in [0.15, 0.2) is 48.0 Å². The number of hydrogen-bond donors (Lipinski definition) is 1. The molecule has 0 atom stereocenters. The minimum Gasteiger partial charge on any atom is -0.494 e. The van der Waals surface area contributed by atoms with Crippen LogP contribution in [0.25, 0.3) is 6.08 Å². The van der Waals surface area contributed by atoms with E-state index in [0.29, 0.717) is 48.3 Å². The molecule has 0 saturated carbocycles. The van der Waals surface area contributed by atoms with E-state index < -0.39 is 17.8 Å². The maximum absolute atomic E-state index is 13.1. The van der Waals surface area contributed by atoms with Crippen LogP contribution in [0.4, 0.5) is 10.5 Å². The lowest BCUT2D eigenvalue weighted by Crippen LogP contribution is -2.54. The van der Waals surface area contributed by atoms with Crippen LogP contribution in [-0.4, -0.2) is 37.7 Å². The Labute approximate surface area is 193 Å². The average molecular weight is 453 g/mol. The maximum Gasteiger partial charge on any atom is 0.335 e. The van der Waals surface area contributed by atoms with Crippen molar-refractivity contribution in [3.63, 3.8) is 0 Å². The molecule has 1 N–H and O–H groups in total. The van der Waals surface area contributed by atoms with Crippen LogP contribution in [-0.2, 0) is 9.59 Å². The highest BCUT2D eigenvalue weighted by Gasteiger charge is 2.36. The van der Waals surface area contributed by atoms with Gasteiger partial charge in [-0.2, -0.15) is 0 Å². The molecule has 8 heteroatoms. The number of rotatable bonds is 10. The Hall–Kier alpha value is -3.81. The van der Waals surface area contributed by atoms with Crippen LogP contribution < -0.4 is 24.4 Å². The quantitative estimate of drug-likeness (QED) is 0.426. The summed E-state index contributed by atoms with van der Waals surface area (Å²) in [4.78, 5) is 38.9. The minimum atomic E-state index is -0.803. The summed E-state index contributed by atoms with van der Waals surface area (Å²) in [5.74, 6) is 0.261. The molecule has 1 saturated heterocycles. The van der Waals surface area contributed by atoms with Crippen molar-refractivity contribution in [2.45, 2.75) is 33.6 Å². The Morgan fingerprint density at radius 1 is 0.848 bits per heavy atom. The molecule has 8 nitrogen and oxygen atoms in total. The molecule has 33 heavy (non-hydrogen) atoms. The van der Waals surface area contributed by atoms with Crippen molar-refractivity contribution in [1.29, 1.82) is 0 Å². The Bertz CT molecular complexity index is 1050. The van der Waals surface area contributed by atoms with Gasteiger partial charge in [0, 0.05) is 0 Å². The number of hydrogen-bond acceptors (Lipinski definition) is 6. The SMILES string of the molecule is CCCOc1ccc(N2C(=O)NC(=O)/C(=C/c3ccc(OCCC)c(OCC)c3)C2=O)cc1. The lowest BCUT2D eigenvalue weighted by Gasteiger charge is -2.26. The standard InChI is InChI=1S/C25H28N2O6/c1-4-13-32-19-10-8-18(9-11-19)27-24(29)20(23(28)26-25(27)30)15-17-7-12-21(33-14-5-2)22(16-17)31-6-3/h7-12,15-16H,4-6,13-14H2,1-3H3,(H,26,28,30)/b20-15-. The summed E-state index contributed by atoms with van der Waals surface area (Å²) in [5, 5.41) is 2.23. The molecule has 0 aliphatic carbocycles. The molecule has 1 heterocycles. The first-order chi connectivity index (χ1) is 16.0. The largest absolute Gasteiger partial charge is 0.494 e. The summed E-state index contributed by atoms with van der Waals surface area (Å²) in [6, 6.07) is 10.9. The normalized spacial score (nSPS) is 14.9. The van der Waals surface area contributed by atoms with Crippen molar-refractivity contribution in [3.8, 4) is 17.2 Å². The van der Waals surface area contributed by atoms with Crippen molar-refractivity contribution in [3.05, 3.63) is 53.6 Å². The topological polar surface area (TPSA) is 94.2 Å². The number of carbonyl (C=O) groups is 3. The lowest BCUT2D eigenvalue weighted by atomic mass is 10.1. The maximum atomic E-state index is 13.1. The number of amides is 4. The Balaban J connectivity index is 1.89. The molecular weight excluding hydrogens is 424 g/mol. The first-order valence-corrected chi connectivity index (χ1v) is 11.0. The summed E-state index contributed by atoms with van der Waals surface area (Å²) in [6.07, 6.45) is 3.14. The number of imide groups is 2. The van der Waals surface area contributed by atoms with Crippen LogP contribution in [0.5, 0.6) is 17.2 Å². The van der Waals surface area contributed by atoms with Gasteiger partial charge in [-0.15, -0.1) is 0 Å². The molecule has 1 aliphatic heterocycles. The molecule has 4 amide bonds. The van der Waals surface area contributed by atoms with E-state index in [0.717, 1.165) is 17.7 Å². The molecule has 2 aromatic carbocycles. The van der Waals surface area contributed by atoms with Crippen LogP contribution in [0.1, 0.15) is 39.2 Å². The fourth-order valence-corrected chi connectivity index (χ4v) is 3.18. The second-order valence-corrected chi connectivity index (χ2v) is 7.29. The third-order valence-corrected chi connectivity index (χ3v) is 4.71. The Morgan fingerprint density at radius 3 is 2.21 bits per heavy atom. The van der Waals surface area contributed by atoms with Crippen molar-refractivity contribution in [1.82, 2.24) is 5.32 Å². The lowest BCUT2D eigenvalue weighted by molar-refractivity contribution is -0.122. The zero-order valence-corrected chi connectivity index (χ0v) is 19.1. The van der Waals surface area contributed by atoms with Gasteiger partial charge in [0.2, 0.25) is 0 Å². The first-order valence-electron chi connectivity index (χ1n) is 11.0. The van der Waals surface area contributed by atoms with E-state index in [2.05, 4.69) is 5.32 Å². The van der Waals surface area contributed by atoms with Crippen LogP contribution in [0, 0.1) is 0 Å². The van der Waals surface area contributed by atoms with Gasteiger partial charge in [0.05, 0.1) is 25.5 Å². The number of barbiturate groups is 1. The van der Waals surface area contributed by atoms with E-state index >= 15 is 0 Å². The molecule has 1 aliphatic rings. The molecule has 0 spiro atoms. The molecule has 1 fully saturated rings. The average Bonchev–Trinajstić information content (AvgIpc) is 2.81. The van der Waals surface area contributed by atoms with E-state index in [9.17, 15) is 14.4 Å². The van der Waals surface area contributed by atoms with Gasteiger partial charge in [0.15, 0.2) is 11.5 Å². The zero-order valence-electron chi connectivity index (χ0n) is 19.1. The van der Waals surface area contributed by atoms with E-state index in [-0.39, 0.29) is 5.57 Å². The van der Waals surface area contributed by atoms with Gasteiger partial charge in [0.25, 0.3) is 11.8 Å². The van der Waals surface area contributed by atoms with Gasteiger partial charge in [-0.05, 0) is 67.8 Å². The van der Waals surface area contributed by atoms with Gasteiger partial charge >= 0.3 is 6.03 Å². The number of anilines is 1. The monoisotopic (exact) mass is 452 g/mol. The molecule has 2 aromatic rings. The highest BCUT2D eigenvalue weighted by atomic mass is 16.5. The van der Waals surface area contributed by atoms with Gasteiger partial charge < -0.3 is 14.2 Å². The Kier molecular flexibility index (Phi) is 8.07. The summed E-state index contributed by atoms with van der Waals surface area (Å²) < 4.78 is 16.9. The number of benzene rings is 2. The van der Waals surface area contributed by atoms with Crippen molar-refractivity contribution in [2.24, 2.45) is 0 Å². The number of ether oxygens (including phenoxy) is 3. The van der Waals surface area contributed by atoms with Gasteiger partial charge in [-0.3, -0.25) is 14.9 Å². The van der Waals surface area contributed by atoms with Gasteiger partial charge in [-0.1, -0.05) is 19.9 Å². The third-order valence-electron chi connectivity index (χ3n) is 4.71. The predicted octanol–water partition coefficient (Wildman–Crippen LogP) is 4.33. The molecule has 174 valence electrons. The summed E-state index contributed by atoms with van der Waals surface area (Å²) >= 11 is 0. The highest BCUT2D eigenvalue weighted by molar-refractivity contribution is 6.39. The van der Waals surface area contributed by atoms with Gasteiger partial charge in [0.1, 0.15) is 11.3 Å². The number of nitrogens with one attached hydrogen (secondary N) is 1. The fraction of sp³-hybridized carbons (Fsp3) is 0.320. The van der Waals surface area contributed by atoms with Crippen molar-refractivity contribution >= 4 is 29.6 Å². The second-order valence-electron chi connectivity index (χ2n) is 7.29. The molecular formula is C25H28N2O6. The molecule has 0 unspecified atom stereocenters. The summed E-state index contributed by atoms with van der Waals surface area (Å²) in [6.45, 7) is 7.40. The summed E-state index contributed by atoms with van der Waals surface area (Å²) in [5.41, 5.74) is 0.738. The number of urea groups is 1. The van der Waals surface area contributed by atoms with E-state index in [1.807, 2.05) is 20.8 Å². The van der Waals surface area contributed by atoms with Crippen LogP contribution in [0.2, 0.25) is 0 Å². The zero-order chi connectivity index (χ0) is 23.8. The molecule has 0 bridgehead atoms. The first kappa shape index (κ1) is 23.8. The smallest absolute Gasteiger partial charge is 0.335 e. The molecule has 0 radical (unpaired) electrons. The molecule has 3 rings (SSSR count). The minimum absolute atomic E-state index is 0.161. The number of nitrogens with zero attached hydrogens (tertiary/aromatic N) is 1. The summed E-state index contributed by atoms with van der Waals surface area (Å²) in [7, 11) is 0. The third kappa shape index (κ3) is 5.71. The van der Waals surface area contributed by atoms with E-state index in [1.165, 1.54) is 6.08 Å². The second kappa shape index (κ2) is 11.2. The van der Waals surface area contributed by atoms with Crippen molar-refractivity contribution in [2.75, 3.05) is 24.7 Å².